The number of hydrogen-bond acceptors (Lipinski definition) is 3. The summed E-state index contributed by atoms with van der Waals surface area (Å²) in [5.74, 6) is 0.888. The highest BCUT2D eigenvalue weighted by molar-refractivity contribution is 5.44. The average molecular weight is 228 g/mol. The van der Waals surface area contributed by atoms with Crippen LogP contribution in [0, 0.1) is 0 Å². The van der Waals surface area contributed by atoms with Crippen LogP contribution < -0.4 is 15.6 Å². The maximum Gasteiger partial charge on any atom is 0.119 e. The Morgan fingerprint density at radius 2 is 1.82 bits per heavy atom. The summed E-state index contributed by atoms with van der Waals surface area (Å²) in [7, 11) is 1.84. The molecule has 0 unspecified atom stereocenters. The molecule has 0 aliphatic carbocycles. The Morgan fingerprint density at radius 3 is 2.59 bits per heavy atom. The smallest absolute Gasteiger partial charge is 0.119 e. The first kappa shape index (κ1) is 11.5. The number of anilines is 1. The van der Waals surface area contributed by atoms with Crippen molar-refractivity contribution in [2.75, 3.05) is 12.5 Å². The predicted molar refractivity (Wildman–Crippen MR) is 69.9 cm³/mol. The van der Waals surface area contributed by atoms with Crippen LogP contribution in [0.4, 0.5) is 5.69 Å². The largest absolute Gasteiger partial charge is 0.489 e. The second-order valence-corrected chi connectivity index (χ2v) is 3.68. The first-order valence-corrected chi connectivity index (χ1v) is 5.58. The fourth-order valence-corrected chi connectivity index (χ4v) is 1.57. The molecule has 0 fully saturated rings. The normalized spacial score (nSPS) is 9.94. The van der Waals surface area contributed by atoms with Crippen LogP contribution in [0.2, 0.25) is 0 Å². The van der Waals surface area contributed by atoms with Crippen LogP contribution in [0.1, 0.15) is 5.56 Å². The lowest BCUT2D eigenvalue weighted by Gasteiger charge is -2.08. The van der Waals surface area contributed by atoms with Crippen molar-refractivity contribution in [3.8, 4) is 5.75 Å². The van der Waals surface area contributed by atoms with Gasteiger partial charge in [-0.3, -0.25) is 0 Å². The molecule has 0 bridgehead atoms. The number of benzene rings is 2. The van der Waals surface area contributed by atoms with E-state index in [-0.39, 0.29) is 0 Å². The number of hydrazine groups is 1. The molecule has 2 N–H and O–H groups in total. The molecule has 0 saturated heterocycles. The van der Waals surface area contributed by atoms with Crippen LogP contribution in [-0.2, 0) is 6.61 Å². The van der Waals surface area contributed by atoms with E-state index in [1.165, 1.54) is 0 Å². The van der Waals surface area contributed by atoms with Gasteiger partial charge >= 0.3 is 0 Å². The number of rotatable bonds is 5. The fourth-order valence-electron chi connectivity index (χ4n) is 1.57. The van der Waals surface area contributed by atoms with Crippen molar-refractivity contribution >= 4 is 5.69 Å². The molecule has 0 heterocycles. The monoisotopic (exact) mass is 228 g/mol. The van der Waals surface area contributed by atoms with Gasteiger partial charge in [0.2, 0.25) is 0 Å². The van der Waals surface area contributed by atoms with Gasteiger partial charge in [-0.1, -0.05) is 30.3 Å². The number of hydrogen-bond donors (Lipinski definition) is 2. The predicted octanol–water partition coefficient (Wildman–Crippen LogP) is 2.81. The standard InChI is InChI=1S/C14H16N2O/c1-15-16-13-7-5-6-12(10-13)11-17-14-8-3-2-4-9-14/h2-10,15-16H,11H2,1H3. The molecule has 0 atom stereocenters. The summed E-state index contributed by atoms with van der Waals surface area (Å²) in [6.45, 7) is 0.573. The third-order valence-electron chi connectivity index (χ3n) is 2.35. The summed E-state index contributed by atoms with van der Waals surface area (Å²) in [4.78, 5) is 0. The van der Waals surface area contributed by atoms with Crippen LogP contribution in [0.25, 0.3) is 0 Å². The van der Waals surface area contributed by atoms with Gasteiger partial charge in [0.25, 0.3) is 0 Å². The quantitative estimate of drug-likeness (QED) is 0.772. The molecule has 2 aromatic rings. The van der Waals surface area contributed by atoms with E-state index in [0.29, 0.717) is 6.61 Å². The summed E-state index contributed by atoms with van der Waals surface area (Å²) in [6, 6.07) is 17.9. The van der Waals surface area contributed by atoms with E-state index in [1.54, 1.807) is 0 Å². The minimum Gasteiger partial charge on any atom is -0.489 e. The lowest BCUT2D eigenvalue weighted by molar-refractivity contribution is 0.306. The molecule has 0 amide bonds. The second-order valence-electron chi connectivity index (χ2n) is 3.68. The maximum absolute atomic E-state index is 5.68. The summed E-state index contributed by atoms with van der Waals surface area (Å²) >= 11 is 0. The Hall–Kier alpha value is -2.00. The molecular formula is C14H16N2O. The minimum atomic E-state index is 0.573. The molecule has 0 spiro atoms. The zero-order valence-electron chi connectivity index (χ0n) is 9.81. The molecule has 88 valence electrons. The van der Waals surface area contributed by atoms with E-state index < -0.39 is 0 Å². The van der Waals surface area contributed by atoms with Crippen molar-refractivity contribution in [3.05, 3.63) is 60.2 Å². The lowest BCUT2D eigenvalue weighted by Crippen LogP contribution is -2.14. The van der Waals surface area contributed by atoms with Gasteiger partial charge < -0.3 is 10.2 Å². The van der Waals surface area contributed by atoms with Crippen molar-refractivity contribution in [2.45, 2.75) is 6.61 Å². The molecule has 0 aromatic heterocycles. The SMILES string of the molecule is CNNc1cccc(COc2ccccc2)c1. The lowest BCUT2D eigenvalue weighted by atomic mass is 10.2. The molecular weight excluding hydrogens is 212 g/mol. The van der Waals surface area contributed by atoms with Gasteiger partial charge in [-0.05, 0) is 29.8 Å². The highest BCUT2D eigenvalue weighted by Crippen LogP contribution is 2.14. The van der Waals surface area contributed by atoms with E-state index in [4.69, 9.17) is 4.74 Å². The first-order chi connectivity index (χ1) is 8.38. The van der Waals surface area contributed by atoms with Gasteiger partial charge in [-0.15, -0.1) is 0 Å². The Bertz CT molecular complexity index is 457. The van der Waals surface area contributed by atoms with E-state index in [9.17, 15) is 0 Å². The summed E-state index contributed by atoms with van der Waals surface area (Å²) in [5.41, 5.74) is 8.10. The fraction of sp³-hybridized carbons (Fsp3) is 0.143. The van der Waals surface area contributed by atoms with Gasteiger partial charge in [0, 0.05) is 12.7 Å². The molecule has 0 aliphatic heterocycles. The zero-order chi connectivity index (χ0) is 11.9. The summed E-state index contributed by atoms with van der Waals surface area (Å²) in [6.07, 6.45) is 0. The van der Waals surface area contributed by atoms with Gasteiger partial charge in [-0.2, -0.15) is 0 Å². The van der Waals surface area contributed by atoms with Crippen LogP contribution >= 0.6 is 0 Å². The van der Waals surface area contributed by atoms with E-state index in [1.807, 2.05) is 55.6 Å². The summed E-state index contributed by atoms with van der Waals surface area (Å²) < 4.78 is 5.68. The Balaban J connectivity index is 1.97. The van der Waals surface area contributed by atoms with Gasteiger partial charge in [0.05, 0.1) is 0 Å². The van der Waals surface area contributed by atoms with Gasteiger partial charge in [0.1, 0.15) is 12.4 Å². The number of nitrogens with one attached hydrogen (secondary N) is 2. The zero-order valence-corrected chi connectivity index (χ0v) is 9.81. The molecule has 2 rings (SSSR count). The van der Waals surface area contributed by atoms with Crippen LogP contribution in [0.3, 0.4) is 0 Å². The molecule has 3 nitrogen and oxygen atoms in total. The highest BCUT2D eigenvalue weighted by atomic mass is 16.5. The third kappa shape index (κ3) is 3.50. The molecule has 0 saturated carbocycles. The van der Waals surface area contributed by atoms with Crippen molar-refractivity contribution in [1.29, 1.82) is 0 Å². The van der Waals surface area contributed by atoms with E-state index >= 15 is 0 Å². The molecule has 0 aliphatic rings. The van der Waals surface area contributed by atoms with Crippen molar-refractivity contribution in [3.63, 3.8) is 0 Å². The van der Waals surface area contributed by atoms with E-state index in [2.05, 4.69) is 16.9 Å². The van der Waals surface area contributed by atoms with Gasteiger partial charge in [0.15, 0.2) is 0 Å². The minimum absolute atomic E-state index is 0.573. The van der Waals surface area contributed by atoms with E-state index in [0.717, 1.165) is 17.0 Å². The number of para-hydroxylation sites is 1. The third-order valence-corrected chi connectivity index (χ3v) is 2.35. The Morgan fingerprint density at radius 1 is 1.00 bits per heavy atom. The molecule has 3 heteroatoms. The Labute approximate surface area is 101 Å². The van der Waals surface area contributed by atoms with Crippen LogP contribution in [0.5, 0.6) is 5.75 Å². The van der Waals surface area contributed by atoms with Gasteiger partial charge in [-0.25, -0.2) is 5.43 Å². The molecule has 17 heavy (non-hydrogen) atoms. The first-order valence-electron chi connectivity index (χ1n) is 5.58. The number of ether oxygens (including phenoxy) is 1. The van der Waals surface area contributed by atoms with Crippen LogP contribution in [0.15, 0.2) is 54.6 Å². The van der Waals surface area contributed by atoms with Crippen molar-refractivity contribution in [2.24, 2.45) is 0 Å². The Kier molecular flexibility index (Phi) is 4.00. The highest BCUT2D eigenvalue weighted by Gasteiger charge is 1.96. The van der Waals surface area contributed by atoms with Crippen molar-refractivity contribution < 1.29 is 4.74 Å². The summed E-state index contributed by atoms with van der Waals surface area (Å²) in [5, 5.41) is 0. The second kappa shape index (κ2) is 5.92. The maximum atomic E-state index is 5.68. The topological polar surface area (TPSA) is 33.3 Å². The van der Waals surface area contributed by atoms with Crippen LogP contribution in [-0.4, -0.2) is 7.05 Å². The molecule has 0 radical (unpaired) electrons. The average Bonchev–Trinajstić information content (AvgIpc) is 2.39. The van der Waals surface area contributed by atoms with Crippen molar-refractivity contribution in [1.82, 2.24) is 5.43 Å². The molecule has 2 aromatic carbocycles.